The van der Waals surface area contributed by atoms with Crippen molar-refractivity contribution in [3.05, 3.63) is 60.2 Å². The number of likely N-dealkylation sites (N-methyl/N-ethyl adjacent to an activating group) is 1. The molecule has 3 rings (SSSR count). The average molecular weight is 321 g/mol. The smallest absolute Gasteiger partial charge is 0.137 e. The largest absolute Gasteiger partial charge is 0.361 e. The van der Waals surface area contributed by atoms with Gasteiger partial charge >= 0.3 is 0 Å². The molecule has 0 aliphatic rings. The van der Waals surface area contributed by atoms with E-state index in [0.717, 1.165) is 23.3 Å². The molecular weight excluding hydrogens is 298 g/mol. The highest BCUT2D eigenvalue weighted by molar-refractivity contribution is 5.88. The Morgan fingerprint density at radius 1 is 1.00 bits per heavy atom. The van der Waals surface area contributed by atoms with Crippen LogP contribution >= 0.6 is 0 Å². The van der Waals surface area contributed by atoms with E-state index in [1.807, 2.05) is 13.1 Å². The predicted molar refractivity (Wildman–Crippen MR) is 98.2 cm³/mol. The van der Waals surface area contributed by atoms with E-state index >= 15 is 0 Å². The molecule has 0 spiro atoms. The van der Waals surface area contributed by atoms with Crippen molar-refractivity contribution in [2.24, 2.45) is 0 Å². The minimum Gasteiger partial charge on any atom is -0.361 e. The highest BCUT2D eigenvalue weighted by Gasteiger charge is 2.13. The summed E-state index contributed by atoms with van der Waals surface area (Å²) in [7, 11) is 1.96. The third kappa shape index (κ3) is 3.51. The maximum absolute atomic E-state index is 4.42. The van der Waals surface area contributed by atoms with E-state index in [0.29, 0.717) is 5.92 Å². The molecule has 0 radical (unpaired) electrons. The molecule has 0 aliphatic carbocycles. The van der Waals surface area contributed by atoms with Crippen molar-refractivity contribution < 1.29 is 0 Å². The number of hydrogen-bond donors (Lipinski definition) is 2. The van der Waals surface area contributed by atoms with Crippen molar-refractivity contribution >= 4 is 16.7 Å². The molecule has 5 nitrogen and oxygen atoms in total. The molecular formula is C19H23N5. The van der Waals surface area contributed by atoms with Crippen molar-refractivity contribution in [2.75, 3.05) is 18.9 Å². The first-order valence-electron chi connectivity index (χ1n) is 8.24. The Kier molecular flexibility index (Phi) is 5.01. The van der Waals surface area contributed by atoms with Gasteiger partial charge in [0, 0.05) is 18.1 Å². The fraction of sp³-hybridized carbons (Fsp3) is 0.316. The van der Waals surface area contributed by atoms with Crippen molar-refractivity contribution in [2.45, 2.75) is 25.8 Å². The van der Waals surface area contributed by atoms with Gasteiger partial charge in [-0.2, -0.15) is 0 Å². The molecule has 3 aromatic rings. The number of rotatable bonds is 6. The number of aromatic nitrogens is 3. The van der Waals surface area contributed by atoms with Crippen LogP contribution in [0.15, 0.2) is 49.1 Å². The SMILES string of the molecule is CNC[C@@H](Nc1ncnc2cnccc12)c1ccc(C(C)C)cc1. The second kappa shape index (κ2) is 7.36. The van der Waals surface area contributed by atoms with Crippen LogP contribution in [-0.4, -0.2) is 28.5 Å². The Labute approximate surface area is 142 Å². The highest BCUT2D eigenvalue weighted by atomic mass is 15.1. The molecule has 124 valence electrons. The van der Waals surface area contributed by atoms with Gasteiger partial charge in [-0.1, -0.05) is 38.1 Å². The summed E-state index contributed by atoms with van der Waals surface area (Å²) in [5, 5.41) is 7.78. The minimum absolute atomic E-state index is 0.127. The third-order valence-corrected chi connectivity index (χ3v) is 4.16. The average Bonchev–Trinajstić information content (AvgIpc) is 2.62. The van der Waals surface area contributed by atoms with Crippen LogP contribution in [0.25, 0.3) is 10.9 Å². The Bertz CT molecular complexity index is 793. The highest BCUT2D eigenvalue weighted by Crippen LogP contribution is 2.24. The molecule has 0 fully saturated rings. The van der Waals surface area contributed by atoms with E-state index < -0.39 is 0 Å². The zero-order valence-electron chi connectivity index (χ0n) is 14.3. The molecule has 1 atom stereocenters. The summed E-state index contributed by atoms with van der Waals surface area (Å²) in [6.45, 7) is 5.22. The first-order valence-corrected chi connectivity index (χ1v) is 8.24. The number of anilines is 1. The molecule has 0 saturated heterocycles. The standard InChI is InChI=1S/C19H23N5/c1-13(2)14-4-6-15(7-5-14)17(10-20-3)24-19-16-8-9-21-11-18(16)22-12-23-19/h4-9,11-13,17,20H,10H2,1-3H3,(H,22,23,24)/t17-/m1/s1. The molecule has 0 unspecified atom stereocenters. The van der Waals surface area contributed by atoms with Gasteiger partial charge in [-0.05, 0) is 30.2 Å². The Morgan fingerprint density at radius 2 is 1.75 bits per heavy atom. The maximum Gasteiger partial charge on any atom is 0.137 e. The lowest BCUT2D eigenvalue weighted by Gasteiger charge is -2.21. The van der Waals surface area contributed by atoms with Gasteiger partial charge in [0.25, 0.3) is 0 Å². The number of nitrogens with one attached hydrogen (secondary N) is 2. The fourth-order valence-electron chi connectivity index (χ4n) is 2.76. The molecule has 1 aromatic carbocycles. The quantitative estimate of drug-likeness (QED) is 0.727. The van der Waals surface area contributed by atoms with Crippen molar-refractivity contribution in [3.8, 4) is 0 Å². The summed E-state index contributed by atoms with van der Waals surface area (Å²) in [4.78, 5) is 12.8. The molecule has 0 aliphatic heterocycles. The Balaban J connectivity index is 1.90. The molecule has 2 aromatic heterocycles. The molecule has 2 heterocycles. The maximum atomic E-state index is 4.42. The van der Waals surface area contributed by atoms with Gasteiger partial charge in [0.2, 0.25) is 0 Å². The lowest BCUT2D eigenvalue weighted by Crippen LogP contribution is -2.24. The summed E-state index contributed by atoms with van der Waals surface area (Å²) in [5.74, 6) is 1.36. The lowest BCUT2D eigenvalue weighted by molar-refractivity contribution is 0.686. The monoisotopic (exact) mass is 321 g/mol. The number of pyridine rings is 1. The first kappa shape index (κ1) is 16.3. The summed E-state index contributed by atoms with van der Waals surface area (Å²) in [6.07, 6.45) is 5.10. The van der Waals surface area contributed by atoms with Gasteiger partial charge in [-0.3, -0.25) is 4.98 Å². The fourth-order valence-corrected chi connectivity index (χ4v) is 2.76. The number of benzene rings is 1. The van der Waals surface area contributed by atoms with Crippen molar-refractivity contribution in [1.29, 1.82) is 0 Å². The summed E-state index contributed by atoms with van der Waals surface area (Å²) in [6, 6.07) is 10.8. The number of nitrogens with zero attached hydrogens (tertiary/aromatic N) is 3. The summed E-state index contributed by atoms with van der Waals surface area (Å²) < 4.78 is 0. The third-order valence-electron chi connectivity index (χ3n) is 4.16. The Morgan fingerprint density at radius 3 is 2.46 bits per heavy atom. The second-order valence-corrected chi connectivity index (χ2v) is 6.19. The van der Waals surface area contributed by atoms with Crippen molar-refractivity contribution in [1.82, 2.24) is 20.3 Å². The topological polar surface area (TPSA) is 62.7 Å². The molecule has 0 bridgehead atoms. The zero-order valence-corrected chi connectivity index (χ0v) is 14.3. The van der Waals surface area contributed by atoms with E-state index in [9.17, 15) is 0 Å². The van der Waals surface area contributed by atoms with Crippen molar-refractivity contribution in [3.63, 3.8) is 0 Å². The number of hydrogen-bond acceptors (Lipinski definition) is 5. The molecule has 2 N–H and O–H groups in total. The van der Waals surface area contributed by atoms with Crippen LogP contribution in [0.4, 0.5) is 5.82 Å². The van der Waals surface area contributed by atoms with Crippen LogP contribution in [-0.2, 0) is 0 Å². The molecule has 0 saturated carbocycles. The van der Waals surface area contributed by atoms with Gasteiger partial charge in [-0.25, -0.2) is 9.97 Å². The van der Waals surface area contributed by atoms with Gasteiger partial charge in [0.1, 0.15) is 12.1 Å². The Hall–Kier alpha value is -2.53. The van der Waals surface area contributed by atoms with Gasteiger partial charge < -0.3 is 10.6 Å². The summed E-state index contributed by atoms with van der Waals surface area (Å²) >= 11 is 0. The van der Waals surface area contributed by atoms with E-state index in [4.69, 9.17) is 0 Å². The van der Waals surface area contributed by atoms with Crippen LogP contribution < -0.4 is 10.6 Å². The van der Waals surface area contributed by atoms with Crippen LogP contribution in [0.5, 0.6) is 0 Å². The van der Waals surface area contributed by atoms with Crippen LogP contribution in [0.1, 0.15) is 36.9 Å². The predicted octanol–water partition coefficient (Wildman–Crippen LogP) is 3.52. The van der Waals surface area contributed by atoms with E-state index in [2.05, 4.69) is 63.7 Å². The summed E-state index contributed by atoms with van der Waals surface area (Å²) in [5.41, 5.74) is 3.42. The second-order valence-electron chi connectivity index (χ2n) is 6.19. The first-order chi connectivity index (χ1) is 11.7. The zero-order chi connectivity index (χ0) is 16.9. The molecule has 24 heavy (non-hydrogen) atoms. The van der Waals surface area contributed by atoms with E-state index in [1.54, 1.807) is 18.7 Å². The van der Waals surface area contributed by atoms with Gasteiger partial charge in [-0.15, -0.1) is 0 Å². The molecule has 0 amide bonds. The number of fused-ring (bicyclic) bond motifs is 1. The van der Waals surface area contributed by atoms with Gasteiger partial charge in [0.15, 0.2) is 0 Å². The van der Waals surface area contributed by atoms with Crippen LogP contribution in [0.2, 0.25) is 0 Å². The van der Waals surface area contributed by atoms with E-state index in [1.165, 1.54) is 11.1 Å². The van der Waals surface area contributed by atoms with Crippen LogP contribution in [0, 0.1) is 0 Å². The minimum atomic E-state index is 0.127. The van der Waals surface area contributed by atoms with Crippen LogP contribution in [0.3, 0.4) is 0 Å². The van der Waals surface area contributed by atoms with E-state index in [-0.39, 0.29) is 6.04 Å². The lowest BCUT2D eigenvalue weighted by atomic mass is 9.99. The van der Waals surface area contributed by atoms with Gasteiger partial charge in [0.05, 0.1) is 17.8 Å². The molecule has 5 heteroatoms. The normalized spacial score (nSPS) is 12.5.